The van der Waals surface area contributed by atoms with Crippen molar-refractivity contribution in [1.29, 1.82) is 0 Å². The highest BCUT2D eigenvalue weighted by Crippen LogP contribution is 2.17. The molecular formula is C14H20N4O2. The van der Waals surface area contributed by atoms with E-state index in [-0.39, 0.29) is 0 Å². The number of amides is 1. The molecule has 3 N–H and O–H groups in total. The van der Waals surface area contributed by atoms with Crippen molar-refractivity contribution in [3.05, 3.63) is 23.9 Å². The smallest absolute Gasteiger partial charge is 0.413 e. The number of anilines is 1. The summed E-state index contributed by atoms with van der Waals surface area (Å²) < 4.78 is 5.19. The summed E-state index contributed by atoms with van der Waals surface area (Å²) >= 11 is 0. The van der Waals surface area contributed by atoms with Gasteiger partial charge in [0.05, 0.1) is 11.0 Å². The largest absolute Gasteiger partial charge is 0.444 e. The van der Waals surface area contributed by atoms with E-state index in [1.165, 1.54) is 0 Å². The van der Waals surface area contributed by atoms with Gasteiger partial charge in [-0.15, -0.1) is 0 Å². The Morgan fingerprint density at radius 1 is 1.40 bits per heavy atom. The third-order valence-corrected chi connectivity index (χ3v) is 2.53. The zero-order valence-corrected chi connectivity index (χ0v) is 12.2. The second-order valence-corrected chi connectivity index (χ2v) is 5.58. The summed E-state index contributed by atoms with van der Waals surface area (Å²) in [6.45, 7) is 6.20. The number of carbonyl (C=O) groups is 1. The maximum absolute atomic E-state index is 11.7. The SMILES string of the molecule is CNCc1cc2nc(NC(=O)OC(C)(C)C)ccc2[nH]1. The van der Waals surface area contributed by atoms with Gasteiger partial charge in [-0.05, 0) is 46.0 Å². The van der Waals surface area contributed by atoms with Crippen LogP contribution in [-0.2, 0) is 11.3 Å². The second kappa shape index (κ2) is 5.50. The van der Waals surface area contributed by atoms with Crippen LogP contribution >= 0.6 is 0 Å². The maximum Gasteiger partial charge on any atom is 0.413 e. The monoisotopic (exact) mass is 276 g/mol. The zero-order chi connectivity index (χ0) is 14.8. The average molecular weight is 276 g/mol. The van der Waals surface area contributed by atoms with E-state index in [1.807, 2.05) is 40.0 Å². The number of carbonyl (C=O) groups excluding carboxylic acids is 1. The number of nitrogens with zero attached hydrogens (tertiary/aromatic N) is 1. The summed E-state index contributed by atoms with van der Waals surface area (Å²) in [5.41, 5.74) is 2.26. The molecule has 6 heteroatoms. The van der Waals surface area contributed by atoms with Gasteiger partial charge in [0.25, 0.3) is 0 Å². The Bertz CT molecular complexity index is 613. The van der Waals surface area contributed by atoms with Crippen molar-refractivity contribution in [3.8, 4) is 0 Å². The van der Waals surface area contributed by atoms with Gasteiger partial charge in [0.15, 0.2) is 0 Å². The first-order chi connectivity index (χ1) is 9.37. The molecule has 108 valence electrons. The molecule has 0 saturated carbocycles. The average Bonchev–Trinajstić information content (AvgIpc) is 2.68. The molecule has 2 rings (SSSR count). The van der Waals surface area contributed by atoms with Crippen LogP contribution in [0.5, 0.6) is 0 Å². The molecule has 2 heterocycles. The third kappa shape index (κ3) is 3.71. The first-order valence-corrected chi connectivity index (χ1v) is 6.50. The van der Waals surface area contributed by atoms with Crippen LogP contribution in [0.3, 0.4) is 0 Å². The predicted molar refractivity (Wildman–Crippen MR) is 78.7 cm³/mol. The number of aromatic nitrogens is 2. The van der Waals surface area contributed by atoms with Gasteiger partial charge < -0.3 is 15.0 Å². The Kier molecular flexibility index (Phi) is 3.94. The van der Waals surface area contributed by atoms with Crippen molar-refractivity contribution < 1.29 is 9.53 Å². The van der Waals surface area contributed by atoms with E-state index in [4.69, 9.17) is 4.74 Å². The summed E-state index contributed by atoms with van der Waals surface area (Å²) in [6, 6.07) is 5.58. The van der Waals surface area contributed by atoms with Crippen molar-refractivity contribution in [2.75, 3.05) is 12.4 Å². The van der Waals surface area contributed by atoms with Gasteiger partial charge in [-0.1, -0.05) is 0 Å². The standard InChI is InChI=1S/C14H20N4O2/c1-14(2,3)20-13(19)18-12-6-5-10-11(17-12)7-9(16-10)8-15-4/h5-7,15-16H,8H2,1-4H3,(H,17,18,19). The van der Waals surface area contributed by atoms with Gasteiger partial charge in [0.2, 0.25) is 0 Å². The van der Waals surface area contributed by atoms with Crippen molar-refractivity contribution in [2.24, 2.45) is 0 Å². The van der Waals surface area contributed by atoms with E-state index in [1.54, 1.807) is 6.07 Å². The highest BCUT2D eigenvalue weighted by atomic mass is 16.6. The molecule has 0 aliphatic heterocycles. The number of ether oxygens (including phenoxy) is 1. The normalized spacial score (nSPS) is 11.6. The first-order valence-electron chi connectivity index (χ1n) is 6.50. The lowest BCUT2D eigenvalue weighted by Gasteiger charge is -2.19. The molecule has 0 aliphatic rings. The quantitative estimate of drug-likeness (QED) is 0.805. The first kappa shape index (κ1) is 14.3. The van der Waals surface area contributed by atoms with E-state index in [9.17, 15) is 4.79 Å². The van der Waals surface area contributed by atoms with Crippen LogP contribution in [0.15, 0.2) is 18.2 Å². The molecule has 0 unspecified atom stereocenters. The molecule has 0 fully saturated rings. The van der Waals surface area contributed by atoms with Crippen LogP contribution in [0.1, 0.15) is 26.5 Å². The van der Waals surface area contributed by atoms with Crippen molar-refractivity contribution >= 4 is 22.9 Å². The van der Waals surface area contributed by atoms with Crippen LogP contribution in [-0.4, -0.2) is 28.7 Å². The Labute approximate surface area is 117 Å². The highest BCUT2D eigenvalue weighted by molar-refractivity contribution is 5.86. The summed E-state index contributed by atoms with van der Waals surface area (Å²) in [4.78, 5) is 19.3. The van der Waals surface area contributed by atoms with Crippen LogP contribution < -0.4 is 10.6 Å². The molecule has 0 spiro atoms. The Hall–Kier alpha value is -2.08. The van der Waals surface area contributed by atoms with E-state index in [2.05, 4.69) is 20.6 Å². The van der Waals surface area contributed by atoms with Gasteiger partial charge in [-0.3, -0.25) is 5.32 Å². The number of pyridine rings is 1. The summed E-state index contributed by atoms with van der Waals surface area (Å²) in [5.74, 6) is 0.474. The van der Waals surface area contributed by atoms with Gasteiger partial charge in [-0.2, -0.15) is 0 Å². The number of rotatable bonds is 3. The number of nitrogens with one attached hydrogen (secondary N) is 3. The summed E-state index contributed by atoms with van der Waals surface area (Å²) in [5, 5.41) is 5.70. The molecule has 0 aromatic carbocycles. The van der Waals surface area contributed by atoms with Gasteiger partial charge in [-0.25, -0.2) is 9.78 Å². The molecule has 2 aromatic rings. The van der Waals surface area contributed by atoms with Crippen molar-refractivity contribution in [1.82, 2.24) is 15.3 Å². The Balaban J connectivity index is 2.13. The minimum atomic E-state index is -0.526. The van der Waals surface area contributed by atoms with E-state index < -0.39 is 11.7 Å². The number of hydrogen-bond donors (Lipinski definition) is 3. The Morgan fingerprint density at radius 3 is 2.80 bits per heavy atom. The van der Waals surface area contributed by atoms with Crippen LogP contribution in [0.2, 0.25) is 0 Å². The molecule has 0 bridgehead atoms. The van der Waals surface area contributed by atoms with Gasteiger partial charge >= 0.3 is 6.09 Å². The second-order valence-electron chi connectivity index (χ2n) is 5.58. The van der Waals surface area contributed by atoms with Crippen molar-refractivity contribution in [2.45, 2.75) is 32.9 Å². The number of hydrogen-bond acceptors (Lipinski definition) is 4. The minimum Gasteiger partial charge on any atom is -0.444 e. The lowest BCUT2D eigenvalue weighted by molar-refractivity contribution is 0.0635. The molecule has 1 amide bonds. The highest BCUT2D eigenvalue weighted by Gasteiger charge is 2.16. The molecule has 0 aliphatic carbocycles. The molecule has 0 saturated heterocycles. The van der Waals surface area contributed by atoms with E-state index in [0.717, 1.165) is 23.3 Å². The summed E-state index contributed by atoms with van der Waals surface area (Å²) in [7, 11) is 1.88. The predicted octanol–water partition coefficient (Wildman–Crippen LogP) is 2.63. The van der Waals surface area contributed by atoms with Crippen LogP contribution in [0.25, 0.3) is 11.0 Å². The van der Waals surface area contributed by atoms with Gasteiger partial charge in [0, 0.05) is 12.2 Å². The van der Waals surface area contributed by atoms with E-state index >= 15 is 0 Å². The molecular weight excluding hydrogens is 256 g/mol. The minimum absolute atomic E-state index is 0.474. The summed E-state index contributed by atoms with van der Waals surface area (Å²) in [6.07, 6.45) is -0.504. The van der Waals surface area contributed by atoms with Crippen LogP contribution in [0, 0.1) is 0 Å². The topological polar surface area (TPSA) is 79.0 Å². The van der Waals surface area contributed by atoms with Crippen LogP contribution in [0.4, 0.5) is 10.6 Å². The molecule has 20 heavy (non-hydrogen) atoms. The number of aromatic amines is 1. The number of fused-ring (bicyclic) bond motifs is 1. The molecule has 6 nitrogen and oxygen atoms in total. The van der Waals surface area contributed by atoms with E-state index in [0.29, 0.717) is 5.82 Å². The Morgan fingerprint density at radius 2 is 2.15 bits per heavy atom. The maximum atomic E-state index is 11.7. The zero-order valence-electron chi connectivity index (χ0n) is 12.2. The lowest BCUT2D eigenvalue weighted by atomic mass is 10.2. The van der Waals surface area contributed by atoms with Crippen molar-refractivity contribution in [3.63, 3.8) is 0 Å². The molecule has 0 radical (unpaired) electrons. The fourth-order valence-corrected chi connectivity index (χ4v) is 1.83. The fourth-order valence-electron chi connectivity index (χ4n) is 1.83. The lowest BCUT2D eigenvalue weighted by Crippen LogP contribution is -2.27. The molecule has 2 aromatic heterocycles. The number of H-pyrrole nitrogens is 1. The third-order valence-electron chi connectivity index (χ3n) is 2.53. The van der Waals surface area contributed by atoms with Gasteiger partial charge in [0.1, 0.15) is 11.4 Å². The fraction of sp³-hybridized carbons (Fsp3) is 0.429. The molecule has 0 atom stereocenters.